The third kappa shape index (κ3) is 3.70. The summed E-state index contributed by atoms with van der Waals surface area (Å²) in [6.07, 6.45) is 1.68. The molecule has 0 unspecified atom stereocenters. The van der Waals surface area contributed by atoms with Crippen LogP contribution in [0.1, 0.15) is 48.4 Å². The number of pyridine rings is 1. The van der Waals surface area contributed by atoms with Crippen molar-refractivity contribution >= 4 is 29.2 Å². The fourth-order valence-corrected chi connectivity index (χ4v) is 3.70. The summed E-state index contributed by atoms with van der Waals surface area (Å²) < 4.78 is 3.25. The fourth-order valence-electron chi connectivity index (χ4n) is 3.40. The lowest BCUT2D eigenvalue weighted by molar-refractivity contribution is 0.0695. The molecule has 1 N–H and O–H groups in total. The lowest BCUT2D eigenvalue weighted by atomic mass is 10.0. The lowest BCUT2D eigenvalue weighted by Crippen LogP contribution is -2.28. The molecule has 2 aromatic heterocycles. The highest BCUT2D eigenvalue weighted by Crippen LogP contribution is 2.31. The third-order valence-electron chi connectivity index (χ3n) is 4.85. The van der Waals surface area contributed by atoms with Gasteiger partial charge in [0.15, 0.2) is 0 Å². The van der Waals surface area contributed by atoms with Crippen LogP contribution in [-0.4, -0.2) is 25.4 Å². The second kappa shape index (κ2) is 8.05. The van der Waals surface area contributed by atoms with E-state index in [0.717, 1.165) is 5.69 Å². The first kappa shape index (κ1) is 21.1. The maximum atomic E-state index is 13.3. The number of carboxylic acid groups (broad SMARTS) is 1. The van der Waals surface area contributed by atoms with Crippen LogP contribution in [0.3, 0.4) is 0 Å². The van der Waals surface area contributed by atoms with Gasteiger partial charge in [0.25, 0.3) is 0 Å². The van der Waals surface area contributed by atoms with Gasteiger partial charge in [0, 0.05) is 24.0 Å². The van der Waals surface area contributed by atoms with E-state index in [0.29, 0.717) is 28.5 Å². The number of halogens is 2. The predicted molar refractivity (Wildman–Crippen MR) is 115 cm³/mol. The monoisotopic (exact) mass is 433 g/mol. The average molecular weight is 434 g/mol. The summed E-state index contributed by atoms with van der Waals surface area (Å²) >= 11 is 12.2. The van der Waals surface area contributed by atoms with Crippen LogP contribution >= 0.6 is 23.2 Å². The Morgan fingerprint density at radius 2 is 1.90 bits per heavy atom. The second-order valence-electron chi connectivity index (χ2n) is 7.00. The maximum absolute atomic E-state index is 13.3. The van der Waals surface area contributed by atoms with Crippen LogP contribution in [0.5, 0.6) is 0 Å². The van der Waals surface area contributed by atoms with Crippen molar-refractivity contribution in [2.24, 2.45) is 0 Å². The summed E-state index contributed by atoms with van der Waals surface area (Å²) in [4.78, 5) is 25.5. The van der Waals surface area contributed by atoms with Gasteiger partial charge >= 0.3 is 5.97 Å². The molecule has 0 radical (unpaired) electrons. The molecular weight excluding hydrogens is 413 g/mol. The van der Waals surface area contributed by atoms with Crippen LogP contribution in [0.25, 0.3) is 16.9 Å². The zero-order valence-corrected chi connectivity index (χ0v) is 18.0. The zero-order valence-electron chi connectivity index (χ0n) is 16.5. The molecule has 0 fully saturated rings. The molecule has 2 heterocycles. The van der Waals surface area contributed by atoms with Crippen LogP contribution in [0.2, 0.25) is 10.0 Å². The van der Waals surface area contributed by atoms with Gasteiger partial charge in [-0.05, 0) is 38.0 Å². The summed E-state index contributed by atoms with van der Waals surface area (Å²) in [5.74, 6) is -1.13. The first-order valence-electron chi connectivity index (χ1n) is 9.19. The van der Waals surface area contributed by atoms with Crippen molar-refractivity contribution in [1.29, 1.82) is 0 Å². The van der Waals surface area contributed by atoms with Crippen LogP contribution in [-0.2, 0) is 6.54 Å². The first-order valence-corrected chi connectivity index (χ1v) is 9.95. The molecule has 0 aliphatic carbocycles. The van der Waals surface area contributed by atoms with Crippen molar-refractivity contribution in [3.05, 3.63) is 67.7 Å². The summed E-state index contributed by atoms with van der Waals surface area (Å²) in [6.45, 7) is 8.12. The summed E-state index contributed by atoms with van der Waals surface area (Å²) in [6, 6.07) is 6.64. The van der Waals surface area contributed by atoms with Crippen molar-refractivity contribution in [2.45, 2.75) is 40.2 Å². The average Bonchev–Trinajstić information content (AvgIpc) is 3.13. The summed E-state index contributed by atoms with van der Waals surface area (Å²) in [7, 11) is 0. The molecule has 29 heavy (non-hydrogen) atoms. The highest BCUT2D eigenvalue weighted by Gasteiger charge is 2.26. The van der Waals surface area contributed by atoms with Crippen molar-refractivity contribution in [2.75, 3.05) is 0 Å². The standard InChI is InChI=1S/C21H21Cl2N3O3/c1-5-25-12(4)18(26-9-8-16(24-26)11(2)3)20(27)17(21(28)29)19(25)13-6-7-14(22)15(23)10-13/h6-11H,5H2,1-4H3,(H,28,29). The van der Waals surface area contributed by atoms with Crippen LogP contribution in [0, 0.1) is 6.92 Å². The molecule has 6 nitrogen and oxygen atoms in total. The largest absolute Gasteiger partial charge is 0.477 e. The Kier molecular flexibility index (Phi) is 5.87. The van der Waals surface area contributed by atoms with E-state index in [2.05, 4.69) is 5.10 Å². The van der Waals surface area contributed by atoms with E-state index >= 15 is 0 Å². The van der Waals surface area contributed by atoms with Crippen LogP contribution in [0.15, 0.2) is 35.3 Å². The molecule has 0 spiro atoms. The molecule has 3 aromatic rings. The number of carboxylic acids is 1. The normalized spacial score (nSPS) is 11.3. The number of nitrogens with zero attached hydrogens (tertiary/aromatic N) is 3. The Balaban J connectivity index is 2.40. The van der Waals surface area contributed by atoms with E-state index in [-0.39, 0.29) is 22.2 Å². The Labute approximate surface area is 178 Å². The molecule has 0 bridgehead atoms. The van der Waals surface area contributed by atoms with E-state index in [1.807, 2.05) is 26.8 Å². The maximum Gasteiger partial charge on any atom is 0.341 e. The van der Waals surface area contributed by atoms with Gasteiger partial charge in [-0.1, -0.05) is 43.1 Å². The second-order valence-corrected chi connectivity index (χ2v) is 7.82. The number of benzene rings is 1. The van der Waals surface area contributed by atoms with E-state index < -0.39 is 11.4 Å². The Morgan fingerprint density at radius 1 is 1.21 bits per heavy atom. The van der Waals surface area contributed by atoms with Crippen molar-refractivity contribution < 1.29 is 9.90 Å². The first-order chi connectivity index (χ1) is 13.7. The molecule has 0 aliphatic heterocycles. The van der Waals surface area contributed by atoms with Crippen molar-refractivity contribution in [3.63, 3.8) is 0 Å². The van der Waals surface area contributed by atoms with Gasteiger partial charge in [-0.3, -0.25) is 4.79 Å². The highest BCUT2D eigenvalue weighted by molar-refractivity contribution is 6.42. The Bertz CT molecular complexity index is 1160. The number of rotatable bonds is 5. The van der Waals surface area contributed by atoms with Crippen LogP contribution in [0.4, 0.5) is 0 Å². The highest BCUT2D eigenvalue weighted by atomic mass is 35.5. The Morgan fingerprint density at radius 3 is 2.41 bits per heavy atom. The number of aromatic nitrogens is 3. The van der Waals surface area contributed by atoms with Crippen molar-refractivity contribution in [1.82, 2.24) is 14.3 Å². The third-order valence-corrected chi connectivity index (χ3v) is 5.59. The molecule has 1 aromatic carbocycles. The van der Waals surface area contributed by atoms with Gasteiger partial charge in [0.05, 0.1) is 21.4 Å². The topological polar surface area (TPSA) is 77.1 Å². The van der Waals surface area contributed by atoms with Crippen molar-refractivity contribution in [3.8, 4) is 16.9 Å². The van der Waals surface area contributed by atoms with Gasteiger partial charge in [0.1, 0.15) is 11.3 Å². The molecule has 152 valence electrons. The number of aromatic carboxylic acids is 1. The van der Waals surface area contributed by atoms with E-state index in [9.17, 15) is 14.7 Å². The summed E-state index contributed by atoms with van der Waals surface area (Å²) in [5.41, 5.74) is 1.53. The fraction of sp³-hybridized carbons (Fsp3) is 0.286. The smallest absolute Gasteiger partial charge is 0.341 e. The minimum Gasteiger partial charge on any atom is -0.477 e. The van der Waals surface area contributed by atoms with Gasteiger partial charge in [-0.15, -0.1) is 0 Å². The molecule has 0 atom stereocenters. The Hall–Kier alpha value is -2.57. The number of hydrogen-bond donors (Lipinski definition) is 1. The molecule has 0 saturated heterocycles. The quantitative estimate of drug-likeness (QED) is 0.602. The molecule has 0 saturated carbocycles. The van der Waals surface area contributed by atoms with Gasteiger partial charge in [-0.25, -0.2) is 9.48 Å². The lowest BCUT2D eigenvalue weighted by Gasteiger charge is -2.21. The molecule has 0 amide bonds. The minimum absolute atomic E-state index is 0.180. The minimum atomic E-state index is -1.31. The number of carbonyl (C=O) groups is 1. The molecular formula is C21H21Cl2N3O3. The van der Waals surface area contributed by atoms with Gasteiger partial charge in [-0.2, -0.15) is 5.10 Å². The number of hydrogen-bond acceptors (Lipinski definition) is 3. The summed E-state index contributed by atoms with van der Waals surface area (Å²) in [5, 5.41) is 15.0. The van der Waals surface area contributed by atoms with E-state index in [1.54, 1.807) is 35.9 Å². The van der Waals surface area contributed by atoms with Crippen LogP contribution < -0.4 is 5.43 Å². The molecule has 3 rings (SSSR count). The SMILES string of the molecule is CCn1c(C)c(-n2ccc(C(C)C)n2)c(=O)c(C(=O)O)c1-c1ccc(Cl)c(Cl)c1. The molecule has 8 heteroatoms. The van der Waals surface area contributed by atoms with Gasteiger partial charge < -0.3 is 9.67 Å². The molecule has 0 aliphatic rings. The van der Waals surface area contributed by atoms with Gasteiger partial charge in [0.2, 0.25) is 5.43 Å². The predicted octanol–water partition coefficient (Wildman–Crippen LogP) is 5.16. The van der Waals surface area contributed by atoms with E-state index in [1.165, 1.54) is 4.68 Å². The van der Waals surface area contributed by atoms with E-state index in [4.69, 9.17) is 23.2 Å². The zero-order chi connectivity index (χ0) is 21.5.